The van der Waals surface area contributed by atoms with Gasteiger partial charge in [-0.05, 0) is 28.4 Å². The molecule has 0 saturated carbocycles. The molecule has 0 aliphatic carbocycles. The normalized spacial score (nSPS) is 11.2. The summed E-state index contributed by atoms with van der Waals surface area (Å²) in [7, 11) is 0. The smallest absolute Gasteiger partial charge is 0.251 e. The van der Waals surface area contributed by atoms with Crippen LogP contribution in [-0.4, -0.2) is 19.6 Å². The number of benzene rings is 1. The number of imidazole rings is 1. The van der Waals surface area contributed by atoms with Crippen LogP contribution < -0.4 is 0 Å². The number of aryl methyl sites for hydroxylation is 1. The summed E-state index contributed by atoms with van der Waals surface area (Å²) < 4.78 is 2.78. The van der Waals surface area contributed by atoms with Crippen LogP contribution in [0.1, 0.15) is 17.1 Å². The minimum atomic E-state index is 0.709. The summed E-state index contributed by atoms with van der Waals surface area (Å²) in [6, 6.07) is 10.3. The lowest BCUT2D eigenvalue weighted by molar-refractivity contribution is 0.888. The zero-order valence-electron chi connectivity index (χ0n) is 9.31. The van der Waals surface area contributed by atoms with E-state index in [-0.39, 0.29) is 0 Å². The van der Waals surface area contributed by atoms with E-state index in [9.17, 15) is 0 Å². The van der Waals surface area contributed by atoms with Crippen molar-refractivity contribution in [2.45, 2.75) is 13.3 Å². The number of hydrogen-bond donors (Lipinski definition) is 1. The molecule has 0 spiro atoms. The summed E-state index contributed by atoms with van der Waals surface area (Å²) >= 11 is 3.48. The third-order valence-corrected chi connectivity index (χ3v) is 3.58. The fourth-order valence-electron chi connectivity index (χ4n) is 1.81. The van der Waals surface area contributed by atoms with Crippen molar-refractivity contribution in [2.75, 3.05) is 0 Å². The van der Waals surface area contributed by atoms with E-state index in [1.165, 1.54) is 5.56 Å². The second kappa shape index (κ2) is 4.00. The summed E-state index contributed by atoms with van der Waals surface area (Å²) in [6.07, 6.45) is 0.787. The maximum atomic E-state index is 4.46. The van der Waals surface area contributed by atoms with Gasteiger partial charge in [-0.3, -0.25) is 5.10 Å². The van der Waals surface area contributed by atoms with Crippen molar-refractivity contribution in [2.24, 2.45) is 0 Å². The van der Waals surface area contributed by atoms with Crippen LogP contribution in [-0.2, 0) is 6.42 Å². The average molecular weight is 291 g/mol. The first-order valence-corrected chi connectivity index (χ1v) is 6.17. The number of aromatic amines is 1. The lowest BCUT2D eigenvalue weighted by atomic mass is 10.1. The van der Waals surface area contributed by atoms with Crippen LogP contribution in [0, 0.1) is 6.92 Å². The molecule has 0 amide bonds. The molecule has 2 aromatic heterocycles. The molecule has 0 aliphatic rings. The number of nitrogens with zero attached hydrogens (tertiary/aromatic N) is 3. The van der Waals surface area contributed by atoms with Gasteiger partial charge in [0, 0.05) is 6.42 Å². The Morgan fingerprint density at radius 1 is 1.24 bits per heavy atom. The van der Waals surface area contributed by atoms with Crippen molar-refractivity contribution in [1.82, 2.24) is 19.6 Å². The predicted molar refractivity (Wildman–Crippen MR) is 69.0 cm³/mol. The molecule has 5 heteroatoms. The SMILES string of the molecule is Cc1nc2nc(Cc3ccccc3)[nH]n2c1Br. The molecular formula is C12H11BrN4. The van der Waals surface area contributed by atoms with E-state index in [1.54, 1.807) is 0 Å². The van der Waals surface area contributed by atoms with Gasteiger partial charge in [-0.15, -0.1) is 0 Å². The fourth-order valence-corrected chi connectivity index (χ4v) is 2.15. The molecule has 1 aromatic carbocycles. The molecule has 1 N–H and O–H groups in total. The van der Waals surface area contributed by atoms with E-state index in [0.717, 1.165) is 22.5 Å². The third kappa shape index (κ3) is 1.86. The van der Waals surface area contributed by atoms with Crippen molar-refractivity contribution in [3.63, 3.8) is 0 Å². The first kappa shape index (κ1) is 10.5. The third-order valence-electron chi connectivity index (χ3n) is 2.65. The molecule has 0 aliphatic heterocycles. The largest absolute Gasteiger partial charge is 0.277 e. The standard InChI is InChI=1S/C12H11BrN4/c1-8-11(13)17-12(14-8)15-10(16-17)7-9-5-3-2-4-6-9/h2-6H,7H2,1H3,(H,14,15,16). The second-order valence-electron chi connectivity index (χ2n) is 3.96. The highest BCUT2D eigenvalue weighted by atomic mass is 79.9. The van der Waals surface area contributed by atoms with E-state index < -0.39 is 0 Å². The molecule has 0 atom stereocenters. The number of fused-ring (bicyclic) bond motifs is 1. The average Bonchev–Trinajstić information content (AvgIpc) is 2.82. The number of aromatic nitrogens is 4. The zero-order chi connectivity index (χ0) is 11.8. The molecule has 2 heterocycles. The molecule has 86 valence electrons. The highest BCUT2D eigenvalue weighted by Crippen LogP contribution is 2.17. The Hall–Kier alpha value is -1.62. The molecule has 0 saturated heterocycles. The van der Waals surface area contributed by atoms with E-state index in [4.69, 9.17) is 0 Å². The lowest BCUT2D eigenvalue weighted by Crippen LogP contribution is -1.92. The summed E-state index contributed by atoms with van der Waals surface area (Å²) in [4.78, 5) is 8.80. The van der Waals surface area contributed by atoms with E-state index in [2.05, 4.69) is 43.1 Å². The Bertz CT molecular complexity index is 654. The van der Waals surface area contributed by atoms with E-state index >= 15 is 0 Å². The topological polar surface area (TPSA) is 46.0 Å². The summed E-state index contributed by atoms with van der Waals surface area (Å²) in [5.74, 6) is 1.62. The summed E-state index contributed by atoms with van der Waals surface area (Å²) in [6.45, 7) is 1.95. The van der Waals surface area contributed by atoms with Crippen molar-refractivity contribution < 1.29 is 0 Å². The van der Waals surface area contributed by atoms with Crippen LogP contribution >= 0.6 is 15.9 Å². The molecule has 0 bridgehead atoms. The lowest BCUT2D eigenvalue weighted by Gasteiger charge is -1.96. The monoisotopic (exact) mass is 290 g/mol. The van der Waals surface area contributed by atoms with Gasteiger partial charge in [-0.1, -0.05) is 30.3 Å². The van der Waals surface area contributed by atoms with Gasteiger partial charge < -0.3 is 0 Å². The van der Waals surface area contributed by atoms with Gasteiger partial charge in [0.2, 0.25) is 0 Å². The van der Waals surface area contributed by atoms with Gasteiger partial charge >= 0.3 is 0 Å². The van der Waals surface area contributed by atoms with Gasteiger partial charge in [0.25, 0.3) is 5.78 Å². The Balaban J connectivity index is 1.97. The van der Waals surface area contributed by atoms with Gasteiger partial charge in [-0.2, -0.15) is 4.98 Å². The van der Waals surface area contributed by atoms with Crippen molar-refractivity contribution in [3.8, 4) is 0 Å². The van der Waals surface area contributed by atoms with Gasteiger partial charge in [0.15, 0.2) is 0 Å². The summed E-state index contributed by atoms with van der Waals surface area (Å²) in [5, 5.41) is 3.23. The van der Waals surface area contributed by atoms with E-state index in [1.807, 2.05) is 29.6 Å². The van der Waals surface area contributed by atoms with Gasteiger partial charge in [-0.25, -0.2) is 9.50 Å². The van der Waals surface area contributed by atoms with Crippen molar-refractivity contribution in [1.29, 1.82) is 0 Å². The van der Waals surface area contributed by atoms with Gasteiger partial charge in [0.1, 0.15) is 10.4 Å². The molecule has 3 aromatic rings. The predicted octanol–water partition coefficient (Wildman–Crippen LogP) is 2.72. The molecule has 4 nitrogen and oxygen atoms in total. The molecule has 0 fully saturated rings. The maximum absolute atomic E-state index is 4.46. The van der Waals surface area contributed by atoms with Crippen LogP contribution in [0.25, 0.3) is 5.78 Å². The van der Waals surface area contributed by atoms with Crippen molar-refractivity contribution in [3.05, 3.63) is 52.0 Å². The quantitative estimate of drug-likeness (QED) is 0.789. The minimum Gasteiger partial charge on any atom is -0.277 e. The first-order valence-electron chi connectivity index (χ1n) is 5.37. The van der Waals surface area contributed by atoms with Crippen LogP contribution in [0.15, 0.2) is 34.9 Å². The number of halogens is 1. The molecule has 3 rings (SSSR count). The maximum Gasteiger partial charge on any atom is 0.251 e. The second-order valence-corrected chi connectivity index (χ2v) is 4.71. The molecular weight excluding hydrogens is 280 g/mol. The number of rotatable bonds is 2. The Morgan fingerprint density at radius 3 is 2.71 bits per heavy atom. The van der Waals surface area contributed by atoms with Crippen LogP contribution in [0.3, 0.4) is 0 Å². The number of nitrogens with one attached hydrogen (secondary N) is 1. The first-order chi connectivity index (χ1) is 8.24. The Morgan fingerprint density at radius 2 is 2.00 bits per heavy atom. The molecule has 0 radical (unpaired) electrons. The van der Waals surface area contributed by atoms with Crippen LogP contribution in [0.5, 0.6) is 0 Å². The van der Waals surface area contributed by atoms with Crippen LogP contribution in [0.4, 0.5) is 0 Å². The molecule has 0 unspecified atom stereocenters. The van der Waals surface area contributed by atoms with Gasteiger partial charge in [0.05, 0.1) is 5.69 Å². The zero-order valence-corrected chi connectivity index (χ0v) is 10.9. The number of hydrogen-bond acceptors (Lipinski definition) is 2. The van der Waals surface area contributed by atoms with Crippen molar-refractivity contribution >= 4 is 21.7 Å². The highest BCUT2D eigenvalue weighted by molar-refractivity contribution is 9.10. The van der Waals surface area contributed by atoms with E-state index in [0.29, 0.717) is 5.78 Å². The van der Waals surface area contributed by atoms with Crippen LogP contribution in [0.2, 0.25) is 0 Å². The number of H-pyrrole nitrogens is 1. The Labute approximate surface area is 107 Å². The highest BCUT2D eigenvalue weighted by Gasteiger charge is 2.10. The molecule has 17 heavy (non-hydrogen) atoms. The summed E-state index contributed by atoms with van der Waals surface area (Å²) in [5.41, 5.74) is 2.17. The Kier molecular flexibility index (Phi) is 2.48. The fraction of sp³-hybridized carbons (Fsp3) is 0.167. The minimum absolute atomic E-state index is 0.709.